The third kappa shape index (κ3) is 5.75. The average molecular weight is 353 g/mol. The Bertz CT molecular complexity index is 634. The van der Waals surface area contributed by atoms with E-state index >= 15 is 0 Å². The number of hydrogen-bond acceptors (Lipinski definition) is 4. The molecule has 2 rings (SSSR count). The molecule has 1 aromatic heterocycles. The van der Waals surface area contributed by atoms with E-state index in [1.165, 1.54) is 0 Å². The van der Waals surface area contributed by atoms with Gasteiger partial charge >= 0.3 is 6.03 Å². The van der Waals surface area contributed by atoms with Crippen LogP contribution in [0.25, 0.3) is 0 Å². The van der Waals surface area contributed by atoms with E-state index in [4.69, 9.17) is 21.1 Å². The molecule has 2 N–H and O–H groups in total. The first-order valence-electron chi connectivity index (χ1n) is 7.61. The number of aryl methyl sites for hydroxylation is 1. The van der Waals surface area contributed by atoms with Crippen LogP contribution >= 0.6 is 11.6 Å². The zero-order valence-electron chi connectivity index (χ0n) is 13.5. The van der Waals surface area contributed by atoms with Gasteiger partial charge < -0.3 is 24.7 Å². The van der Waals surface area contributed by atoms with Gasteiger partial charge in [-0.05, 0) is 18.6 Å². The van der Waals surface area contributed by atoms with E-state index in [-0.39, 0.29) is 6.03 Å². The molecular weight excluding hydrogens is 332 g/mol. The number of para-hydroxylation sites is 1. The number of anilines is 1. The van der Waals surface area contributed by atoms with Crippen LogP contribution in [-0.4, -0.2) is 42.5 Å². The van der Waals surface area contributed by atoms with Gasteiger partial charge in [0.1, 0.15) is 6.61 Å². The molecule has 0 fully saturated rings. The lowest BCUT2D eigenvalue weighted by Crippen LogP contribution is -2.30. The summed E-state index contributed by atoms with van der Waals surface area (Å²) in [5, 5.41) is 5.99. The summed E-state index contributed by atoms with van der Waals surface area (Å²) in [7, 11) is 1.59. The number of imidazole rings is 1. The third-order valence-corrected chi connectivity index (χ3v) is 3.48. The van der Waals surface area contributed by atoms with Gasteiger partial charge in [-0.25, -0.2) is 9.78 Å². The van der Waals surface area contributed by atoms with Crippen LogP contribution in [0.4, 0.5) is 10.5 Å². The Hall–Kier alpha value is -2.25. The maximum absolute atomic E-state index is 12.0. The molecule has 0 saturated heterocycles. The van der Waals surface area contributed by atoms with Crippen LogP contribution in [0.15, 0.2) is 36.9 Å². The monoisotopic (exact) mass is 352 g/mol. The van der Waals surface area contributed by atoms with Crippen molar-refractivity contribution in [3.63, 3.8) is 0 Å². The topological polar surface area (TPSA) is 77.4 Å². The van der Waals surface area contributed by atoms with E-state index in [0.717, 1.165) is 13.0 Å². The number of benzene rings is 1. The van der Waals surface area contributed by atoms with Crippen LogP contribution < -0.4 is 15.4 Å². The fourth-order valence-corrected chi connectivity index (χ4v) is 2.26. The second kappa shape index (κ2) is 9.79. The molecule has 0 aliphatic rings. The van der Waals surface area contributed by atoms with Gasteiger partial charge in [-0.15, -0.1) is 0 Å². The molecule has 8 heteroatoms. The van der Waals surface area contributed by atoms with Gasteiger partial charge in [0.05, 0.1) is 23.6 Å². The summed E-state index contributed by atoms with van der Waals surface area (Å²) in [6.07, 6.45) is 6.16. The van der Waals surface area contributed by atoms with E-state index in [1.54, 1.807) is 37.8 Å². The van der Waals surface area contributed by atoms with Gasteiger partial charge in [0.25, 0.3) is 0 Å². The molecule has 1 heterocycles. The lowest BCUT2D eigenvalue weighted by atomic mass is 10.3. The van der Waals surface area contributed by atoms with Gasteiger partial charge in [0.2, 0.25) is 0 Å². The fraction of sp³-hybridized carbons (Fsp3) is 0.375. The van der Waals surface area contributed by atoms with Crippen LogP contribution in [0.5, 0.6) is 5.75 Å². The summed E-state index contributed by atoms with van der Waals surface area (Å²) in [4.78, 5) is 16.0. The van der Waals surface area contributed by atoms with Crippen LogP contribution in [0.3, 0.4) is 0 Å². The Morgan fingerprint density at radius 2 is 2.25 bits per heavy atom. The minimum atomic E-state index is -0.306. The first-order chi connectivity index (χ1) is 11.7. The van der Waals surface area contributed by atoms with Crippen molar-refractivity contribution in [2.24, 2.45) is 0 Å². The number of urea groups is 1. The van der Waals surface area contributed by atoms with Gasteiger partial charge in [-0.1, -0.05) is 17.7 Å². The third-order valence-electron chi connectivity index (χ3n) is 3.19. The summed E-state index contributed by atoms with van der Waals surface area (Å²) in [5.74, 6) is 0.435. The summed E-state index contributed by atoms with van der Waals surface area (Å²) < 4.78 is 12.5. The highest BCUT2D eigenvalue weighted by molar-refractivity contribution is 6.32. The number of nitrogens with one attached hydrogen (secondary N) is 2. The van der Waals surface area contributed by atoms with Crippen molar-refractivity contribution in [3.8, 4) is 5.75 Å². The quantitative estimate of drug-likeness (QED) is 0.680. The molecule has 0 bridgehead atoms. The molecule has 0 radical (unpaired) electrons. The molecule has 0 aliphatic heterocycles. The predicted octanol–water partition coefficient (Wildman–Crippen LogP) is 2.77. The number of carbonyl (C=O) groups excluding carboxylic acids is 1. The van der Waals surface area contributed by atoms with Crippen LogP contribution in [-0.2, 0) is 11.3 Å². The number of methoxy groups -OCH3 is 1. The first-order valence-corrected chi connectivity index (χ1v) is 7.99. The SMILES string of the molecule is COCCOc1c(Cl)cccc1NC(=O)NCCCn1ccnc1. The van der Waals surface area contributed by atoms with E-state index in [2.05, 4.69) is 15.6 Å². The number of nitrogens with zero attached hydrogens (tertiary/aromatic N) is 2. The number of rotatable bonds is 9. The summed E-state index contributed by atoms with van der Waals surface area (Å²) >= 11 is 6.13. The van der Waals surface area contributed by atoms with Gasteiger partial charge in [0, 0.05) is 32.6 Å². The summed E-state index contributed by atoms with van der Waals surface area (Å²) in [6, 6.07) is 4.89. The first kappa shape index (κ1) is 18.1. The zero-order chi connectivity index (χ0) is 17.2. The van der Waals surface area contributed by atoms with Crippen LogP contribution in [0.1, 0.15) is 6.42 Å². The lowest BCUT2D eigenvalue weighted by molar-refractivity contribution is 0.146. The average Bonchev–Trinajstić information content (AvgIpc) is 3.08. The van der Waals surface area contributed by atoms with Crippen LogP contribution in [0.2, 0.25) is 5.02 Å². The second-order valence-electron chi connectivity index (χ2n) is 4.99. The molecule has 2 aromatic rings. The molecule has 0 aliphatic carbocycles. The number of carbonyl (C=O) groups is 1. The molecule has 2 amide bonds. The summed E-state index contributed by atoms with van der Waals surface area (Å²) in [5.41, 5.74) is 0.519. The van der Waals surface area contributed by atoms with Crippen LogP contribution in [0, 0.1) is 0 Å². The minimum Gasteiger partial charge on any atom is -0.487 e. The predicted molar refractivity (Wildman–Crippen MR) is 92.7 cm³/mol. The lowest BCUT2D eigenvalue weighted by Gasteiger charge is -2.14. The van der Waals surface area contributed by atoms with Gasteiger partial charge in [0.15, 0.2) is 5.75 Å². The molecular formula is C16H21ClN4O3. The molecule has 0 spiro atoms. The number of aromatic nitrogens is 2. The maximum atomic E-state index is 12.0. The Labute approximate surface area is 145 Å². The number of halogens is 1. The van der Waals surface area contributed by atoms with Crippen molar-refractivity contribution in [2.75, 3.05) is 32.2 Å². The number of hydrogen-bond donors (Lipinski definition) is 2. The highest BCUT2D eigenvalue weighted by Crippen LogP contribution is 2.32. The van der Waals surface area contributed by atoms with E-state index in [1.807, 2.05) is 10.8 Å². The smallest absolute Gasteiger partial charge is 0.319 e. The second-order valence-corrected chi connectivity index (χ2v) is 5.40. The molecule has 7 nitrogen and oxygen atoms in total. The molecule has 130 valence electrons. The summed E-state index contributed by atoms with van der Waals surface area (Å²) in [6.45, 7) is 2.12. The largest absolute Gasteiger partial charge is 0.487 e. The highest BCUT2D eigenvalue weighted by atomic mass is 35.5. The van der Waals surface area contributed by atoms with E-state index in [0.29, 0.717) is 36.2 Å². The Kier molecular flexibility index (Phi) is 7.38. The molecule has 0 atom stereocenters. The molecule has 0 saturated carbocycles. The standard InChI is InChI=1S/C16H21ClN4O3/c1-23-10-11-24-15-13(17)4-2-5-14(15)20-16(22)19-6-3-8-21-9-7-18-12-21/h2,4-5,7,9,12H,3,6,8,10-11H2,1H3,(H2,19,20,22). The molecule has 1 aromatic carbocycles. The van der Waals surface area contributed by atoms with E-state index in [9.17, 15) is 4.79 Å². The Morgan fingerprint density at radius 3 is 3.00 bits per heavy atom. The minimum absolute atomic E-state index is 0.306. The van der Waals surface area contributed by atoms with Crippen molar-refractivity contribution < 1.29 is 14.3 Å². The maximum Gasteiger partial charge on any atom is 0.319 e. The van der Waals surface area contributed by atoms with E-state index < -0.39 is 0 Å². The molecule has 24 heavy (non-hydrogen) atoms. The Balaban J connectivity index is 1.80. The molecule has 0 unspecified atom stereocenters. The van der Waals surface area contributed by atoms with Gasteiger partial charge in [-0.2, -0.15) is 0 Å². The Morgan fingerprint density at radius 1 is 1.38 bits per heavy atom. The number of ether oxygens (including phenoxy) is 2. The van der Waals surface area contributed by atoms with Crippen molar-refractivity contribution >= 4 is 23.3 Å². The highest BCUT2D eigenvalue weighted by Gasteiger charge is 2.11. The van der Waals surface area contributed by atoms with Crippen molar-refractivity contribution in [3.05, 3.63) is 41.9 Å². The van der Waals surface area contributed by atoms with Crippen molar-refractivity contribution in [2.45, 2.75) is 13.0 Å². The van der Waals surface area contributed by atoms with Crippen molar-refractivity contribution in [1.82, 2.24) is 14.9 Å². The number of amides is 2. The fourth-order valence-electron chi connectivity index (χ4n) is 2.03. The van der Waals surface area contributed by atoms with Crippen molar-refractivity contribution in [1.29, 1.82) is 0 Å². The zero-order valence-corrected chi connectivity index (χ0v) is 14.3. The normalized spacial score (nSPS) is 10.4. The van der Waals surface area contributed by atoms with Gasteiger partial charge in [-0.3, -0.25) is 0 Å².